The molecule has 0 saturated carbocycles. The molecule has 0 unspecified atom stereocenters. The van der Waals surface area contributed by atoms with Gasteiger partial charge in [-0.25, -0.2) is 0 Å². The lowest BCUT2D eigenvalue weighted by Crippen LogP contribution is -2.40. The molecule has 1 saturated heterocycles. The van der Waals surface area contributed by atoms with E-state index in [-0.39, 0.29) is 5.91 Å². The lowest BCUT2D eigenvalue weighted by atomic mass is 10.1. The molecule has 1 aromatic rings. The van der Waals surface area contributed by atoms with Gasteiger partial charge in [0.15, 0.2) is 5.17 Å². The maximum atomic E-state index is 12.0. The van der Waals surface area contributed by atoms with Gasteiger partial charge in [-0.05, 0) is 49.6 Å². The van der Waals surface area contributed by atoms with E-state index in [1.54, 1.807) is 0 Å². The summed E-state index contributed by atoms with van der Waals surface area (Å²) in [5.74, 6) is -0.105. The molecule has 0 aromatic heterocycles. The summed E-state index contributed by atoms with van der Waals surface area (Å²) < 4.78 is 0. The van der Waals surface area contributed by atoms with Crippen LogP contribution >= 0.6 is 11.8 Å². The maximum Gasteiger partial charge on any atom is 0.286 e. The fraction of sp³-hybridized carbons (Fsp3) is 0.375. The van der Waals surface area contributed by atoms with E-state index in [1.165, 1.54) is 31.0 Å². The van der Waals surface area contributed by atoms with Gasteiger partial charge in [-0.1, -0.05) is 30.3 Å². The summed E-state index contributed by atoms with van der Waals surface area (Å²) in [4.78, 5) is 19.3. The molecule has 0 aliphatic carbocycles. The van der Waals surface area contributed by atoms with E-state index in [2.05, 4.69) is 16.8 Å². The molecule has 1 atom stereocenters. The van der Waals surface area contributed by atoms with E-state index in [4.69, 9.17) is 0 Å². The molecule has 1 aromatic carbocycles. The van der Waals surface area contributed by atoms with Crippen LogP contribution in [-0.4, -0.2) is 28.6 Å². The molecule has 1 fully saturated rings. The zero-order chi connectivity index (χ0) is 13.9. The third kappa shape index (κ3) is 2.80. The molecule has 0 spiro atoms. The largest absolute Gasteiger partial charge is 0.348 e. The van der Waals surface area contributed by atoms with Crippen molar-refractivity contribution in [3.63, 3.8) is 0 Å². The number of thioether (sulfide) groups is 1. The number of hydrogen-bond acceptors (Lipinski definition) is 3. The van der Waals surface area contributed by atoms with Crippen molar-refractivity contribution in [2.24, 2.45) is 4.99 Å². The molecule has 2 aliphatic rings. The van der Waals surface area contributed by atoms with Crippen LogP contribution in [-0.2, 0) is 4.79 Å². The minimum absolute atomic E-state index is 0.105. The van der Waals surface area contributed by atoms with Crippen LogP contribution in [0.25, 0.3) is 6.08 Å². The van der Waals surface area contributed by atoms with Crippen LogP contribution in [0.15, 0.2) is 40.2 Å². The van der Waals surface area contributed by atoms with Gasteiger partial charge in [0.1, 0.15) is 0 Å². The molecule has 3 nitrogen and oxygen atoms in total. The van der Waals surface area contributed by atoms with Crippen LogP contribution in [0.3, 0.4) is 0 Å². The van der Waals surface area contributed by atoms with E-state index in [0.29, 0.717) is 6.04 Å². The molecule has 4 heteroatoms. The first-order valence-corrected chi connectivity index (χ1v) is 7.90. The Labute approximate surface area is 123 Å². The Morgan fingerprint density at radius 2 is 2.10 bits per heavy atom. The van der Waals surface area contributed by atoms with Crippen LogP contribution in [0.5, 0.6) is 0 Å². The molecule has 0 radical (unpaired) electrons. The number of carbonyl (C=O) groups is 1. The SMILES string of the molecule is C[C@@H]1CCCCN1C1=NC(=O)/C(=C\c2ccccc2)S1. The first-order chi connectivity index (χ1) is 9.74. The number of aliphatic imine (C=N–C) groups is 1. The number of nitrogens with zero attached hydrogens (tertiary/aromatic N) is 2. The molecule has 1 amide bonds. The molecule has 2 aliphatic heterocycles. The second-order valence-corrected chi connectivity index (χ2v) is 6.27. The fourth-order valence-corrected chi connectivity index (χ4v) is 3.65. The molecule has 0 N–H and O–H groups in total. The molecular formula is C16H18N2OS. The molecule has 3 rings (SSSR count). The van der Waals surface area contributed by atoms with E-state index in [0.717, 1.165) is 22.2 Å². The van der Waals surface area contributed by atoms with E-state index < -0.39 is 0 Å². The number of rotatable bonds is 1. The van der Waals surface area contributed by atoms with Crippen molar-refractivity contribution in [3.05, 3.63) is 40.8 Å². The van der Waals surface area contributed by atoms with Crippen molar-refractivity contribution in [2.75, 3.05) is 6.54 Å². The summed E-state index contributed by atoms with van der Waals surface area (Å²) in [6.45, 7) is 3.23. The summed E-state index contributed by atoms with van der Waals surface area (Å²) in [6.07, 6.45) is 5.58. The predicted octanol–water partition coefficient (Wildman–Crippen LogP) is 3.53. The monoisotopic (exact) mass is 286 g/mol. The number of carbonyl (C=O) groups excluding carboxylic acids is 1. The van der Waals surface area contributed by atoms with Crippen molar-refractivity contribution < 1.29 is 4.79 Å². The topological polar surface area (TPSA) is 32.7 Å². The highest BCUT2D eigenvalue weighted by molar-refractivity contribution is 8.18. The third-order valence-corrected chi connectivity index (χ3v) is 4.78. The summed E-state index contributed by atoms with van der Waals surface area (Å²) in [5.41, 5.74) is 1.05. The summed E-state index contributed by atoms with van der Waals surface area (Å²) in [7, 11) is 0. The molecule has 20 heavy (non-hydrogen) atoms. The highest BCUT2D eigenvalue weighted by atomic mass is 32.2. The highest BCUT2D eigenvalue weighted by Crippen LogP contribution is 2.32. The second kappa shape index (κ2) is 5.83. The Balaban J connectivity index is 1.77. The summed E-state index contributed by atoms with van der Waals surface area (Å²) in [5, 5.41) is 0.879. The first kappa shape index (κ1) is 13.4. The zero-order valence-corrected chi connectivity index (χ0v) is 12.4. The molecule has 104 valence electrons. The molecule has 2 heterocycles. The number of amidine groups is 1. The van der Waals surface area contributed by atoms with Gasteiger partial charge in [0.05, 0.1) is 4.91 Å². The Morgan fingerprint density at radius 3 is 2.85 bits per heavy atom. The van der Waals surface area contributed by atoms with Gasteiger partial charge in [-0.15, -0.1) is 0 Å². The number of benzene rings is 1. The normalized spacial score (nSPS) is 25.1. The lowest BCUT2D eigenvalue weighted by molar-refractivity contribution is -0.113. The number of amides is 1. The van der Waals surface area contributed by atoms with E-state index in [9.17, 15) is 4.79 Å². The average Bonchev–Trinajstić information content (AvgIpc) is 2.81. The van der Waals surface area contributed by atoms with Crippen molar-refractivity contribution in [1.29, 1.82) is 0 Å². The molecule has 0 bridgehead atoms. The fourth-order valence-electron chi connectivity index (χ4n) is 2.60. The van der Waals surface area contributed by atoms with Crippen LogP contribution in [0, 0.1) is 0 Å². The Morgan fingerprint density at radius 1 is 1.30 bits per heavy atom. The Bertz CT molecular complexity index is 565. The minimum atomic E-state index is -0.105. The Hall–Kier alpha value is -1.55. The molecular weight excluding hydrogens is 268 g/mol. The minimum Gasteiger partial charge on any atom is -0.348 e. The summed E-state index contributed by atoms with van der Waals surface area (Å²) >= 11 is 1.51. The Kier molecular flexibility index (Phi) is 3.92. The quantitative estimate of drug-likeness (QED) is 0.740. The highest BCUT2D eigenvalue weighted by Gasteiger charge is 2.29. The van der Waals surface area contributed by atoms with Gasteiger partial charge >= 0.3 is 0 Å². The first-order valence-electron chi connectivity index (χ1n) is 7.08. The van der Waals surface area contributed by atoms with Crippen molar-refractivity contribution in [2.45, 2.75) is 32.2 Å². The average molecular weight is 286 g/mol. The van der Waals surface area contributed by atoms with Crippen LogP contribution in [0.1, 0.15) is 31.7 Å². The van der Waals surface area contributed by atoms with Crippen LogP contribution in [0.2, 0.25) is 0 Å². The maximum absolute atomic E-state index is 12.0. The number of likely N-dealkylation sites (tertiary alicyclic amines) is 1. The smallest absolute Gasteiger partial charge is 0.286 e. The van der Waals surface area contributed by atoms with Crippen LogP contribution < -0.4 is 0 Å². The number of hydrogen-bond donors (Lipinski definition) is 0. The van der Waals surface area contributed by atoms with Crippen molar-refractivity contribution in [1.82, 2.24) is 4.90 Å². The van der Waals surface area contributed by atoms with Gasteiger partial charge in [0.2, 0.25) is 0 Å². The van der Waals surface area contributed by atoms with E-state index in [1.807, 2.05) is 36.4 Å². The van der Waals surface area contributed by atoms with Gasteiger partial charge in [-0.2, -0.15) is 4.99 Å². The van der Waals surface area contributed by atoms with Gasteiger partial charge in [-0.3, -0.25) is 4.79 Å². The van der Waals surface area contributed by atoms with Gasteiger partial charge in [0.25, 0.3) is 5.91 Å². The summed E-state index contributed by atoms with van der Waals surface area (Å²) in [6, 6.07) is 10.4. The second-order valence-electron chi connectivity index (χ2n) is 5.26. The third-order valence-electron chi connectivity index (χ3n) is 3.76. The van der Waals surface area contributed by atoms with Crippen molar-refractivity contribution in [3.8, 4) is 0 Å². The zero-order valence-electron chi connectivity index (χ0n) is 11.6. The van der Waals surface area contributed by atoms with Crippen LogP contribution in [0.4, 0.5) is 0 Å². The van der Waals surface area contributed by atoms with Crippen molar-refractivity contribution >= 4 is 28.9 Å². The lowest BCUT2D eigenvalue weighted by Gasteiger charge is -2.34. The van der Waals surface area contributed by atoms with Gasteiger partial charge < -0.3 is 4.90 Å². The van der Waals surface area contributed by atoms with Gasteiger partial charge in [0, 0.05) is 12.6 Å². The number of piperidine rings is 1. The standard InChI is InChI=1S/C16H18N2OS/c1-12-7-5-6-10-18(12)16-17-15(19)14(20-16)11-13-8-3-2-4-9-13/h2-4,8-9,11-12H,5-7,10H2,1H3/b14-11+/t12-/m1/s1. The predicted molar refractivity (Wildman–Crippen MR) is 84.5 cm³/mol. The van der Waals surface area contributed by atoms with E-state index >= 15 is 0 Å².